The molecule has 0 atom stereocenters. The second-order valence-electron chi connectivity index (χ2n) is 2.65. The smallest absolute Gasteiger partial charge is 0.0808 e. The van der Waals surface area contributed by atoms with E-state index in [9.17, 15) is 0 Å². The van der Waals surface area contributed by atoms with Crippen LogP contribution >= 0.6 is 65.8 Å². The Morgan fingerprint density at radius 3 is 2.85 bits per heavy atom. The summed E-state index contributed by atoms with van der Waals surface area (Å²) in [5, 5.41) is 2.24. The van der Waals surface area contributed by atoms with Crippen LogP contribution in [-0.2, 0) is 5.33 Å². The second kappa shape index (κ2) is 4.16. The number of hydrogen-bond donors (Lipinski definition) is 0. The van der Waals surface area contributed by atoms with Crippen molar-refractivity contribution in [1.82, 2.24) is 0 Å². The quantitative estimate of drug-likeness (QED) is 0.432. The molecule has 4 heteroatoms. The van der Waals surface area contributed by atoms with Gasteiger partial charge in [0.25, 0.3) is 0 Å². The van der Waals surface area contributed by atoms with E-state index in [1.807, 2.05) is 11.3 Å². The third kappa shape index (κ3) is 1.96. The lowest BCUT2D eigenvalue weighted by atomic mass is 10.2. The van der Waals surface area contributed by atoms with Crippen molar-refractivity contribution < 1.29 is 0 Å². The molecule has 0 bridgehead atoms. The lowest BCUT2D eigenvalue weighted by molar-refractivity contribution is 1.47. The van der Waals surface area contributed by atoms with Gasteiger partial charge < -0.3 is 0 Å². The summed E-state index contributed by atoms with van der Waals surface area (Å²) in [6.45, 7) is 0. The van der Waals surface area contributed by atoms with E-state index in [4.69, 9.17) is 0 Å². The average molecular weight is 432 g/mol. The van der Waals surface area contributed by atoms with E-state index in [1.54, 1.807) is 0 Å². The lowest BCUT2D eigenvalue weighted by Crippen LogP contribution is -1.74. The molecule has 1 heterocycles. The molecule has 0 unspecified atom stereocenters. The molecule has 1 aromatic heterocycles. The van der Waals surface area contributed by atoms with E-state index >= 15 is 0 Å². The van der Waals surface area contributed by atoms with Crippen LogP contribution < -0.4 is 0 Å². The van der Waals surface area contributed by atoms with Gasteiger partial charge in [-0.2, -0.15) is 0 Å². The maximum absolute atomic E-state index is 3.59. The Morgan fingerprint density at radius 1 is 1.38 bits per heavy atom. The average Bonchev–Trinajstić information content (AvgIpc) is 2.42. The van der Waals surface area contributed by atoms with Gasteiger partial charge in [-0.3, -0.25) is 0 Å². The van der Waals surface area contributed by atoms with Crippen molar-refractivity contribution >= 4 is 75.9 Å². The molecule has 1 aromatic carbocycles. The van der Waals surface area contributed by atoms with Crippen molar-refractivity contribution in [2.24, 2.45) is 0 Å². The number of hydrogen-bond acceptors (Lipinski definition) is 1. The lowest BCUT2D eigenvalue weighted by Gasteiger charge is -1.94. The van der Waals surface area contributed by atoms with Crippen LogP contribution in [0.2, 0.25) is 0 Å². The molecule has 0 aliphatic carbocycles. The largest absolute Gasteiger partial charge is 0.128 e. The van der Waals surface area contributed by atoms with Crippen LogP contribution in [0.5, 0.6) is 0 Å². The van der Waals surface area contributed by atoms with Crippen LogP contribution in [0.3, 0.4) is 0 Å². The van der Waals surface area contributed by atoms with Crippen molar-refractivity contribution in [3.05, 3.63) is 31.1 Å². The molecule has 2 rings (SSSR count). The zero-order valence-corrected chi connectivity index (χ0v) is 12.6. The molecule has 0 radical (unpaired) electrons. The van der Waals surface area contributed by atoms with Crippen molar-refractivity contribution in [3.8, 4) is 0 Å². The van der Waals surface area contributed by atoms with Crippen LogP contribution in [0.15, 0.2) is 22.7 Å². The van der Waals surface area contributed by atoms with Crippen molar-refractivity contribution in [1.29, 1.82) is 0 Å². The predicted octanol–water partition coefficient (Wildman–Crippen LogP) is 5.16. The SMILES string of the molecule is BrCc1ccc2c(Br)c(I)sc2c1. The Hall–Kier alpha value is 0.870. The van der Waals surface area contributed by atoms with Gasteiger partial charge in [-0.25, -0.2) is 0 Å². The summed E-state index contributed by atoms with van der Waals surface area (Å²) in [4.78, 5) is 0. The summed E-state index contributed by atoms with van der Waals surface area (Å²) in [7, 11) is 0. The van der Waals surface area contributed by atoms with Gasteiger partial charge in [0, 0.05) is 19.9 Å². The van der Waals surface area contributed by atoms with Gasteiger partial charge in [0.2, 0.25) is 0 Å². The van der Waals surface area contributed by atoms with E-state index in [0.717, 1.165) is 5.33 Å². The molecule has 0 aliphatic heterocycles. The molecule has 0 aliphatic rings. The molecule has 0 saturated carbocycles. The second-order valence-corrected chi connectivity index (χ2v) is 6.87. The maximum Gasteiger partial charge on any atom is 0.0808 e. The number of alkyl halides is 1. The summed E-state index contributed by atoms with van der Waals surface area (Å²) in [5.41, 5.74) is 1.33. The van der Waals surface area contributed by atoms with Gasteiger partial charge >= 0.3 is 0 Å². The highest BCUT2D eigenvalue weighted by molar-refractivity contribution is 14.1. The topological polar surface area (TPSA) is 0 Å². The van der Waals surface area contributed by atoms with Gasteiger partial charge in [0.1, 0.15) is 0 Å². The Morgan fingerprint density at radius 2 is 2.15 bits per heavy atom. The van der Waals surface area contributed by atoms with E-state index in [1.165, 1.54) is 23.0 Å². The number of halogens is 3. The molecule has 0 fully saturated rings. The van der Waals surface area contributed by atoms with E-state index in [0.29, 0.717) is 0 Å². The highest BCUT2D eigenvalue weighted by Crippen LogP contribution is 2.36. The number of fused-ring (bicyclic) bond motifs is 1. The first-order valence-electron chi connectivity index (χ1n) is 3.65. The van der Waals surface area contributed by atoms with E-state index in [2.05, 4.69) is 72.6 Å². The molecule has 68 valence electrons. The fraction of sp³-hybridized carbons (Fsp3) is 0.111. The van der Waals surface area contributed by atoms with Gasteiger partial charge in [0.15, 0.2) is 0 Å². The number of benzene rings is 1. The Labute approximate surface area is 111 Å². The first-order chi connectivity index (χ1) is 6.22. The summed E-state index contributed by atoms with van der Waals surface area (Å²) >= 11 is 11.2. The molecule has 13 heavy (non-hydrogen) atoms. The van der Waals surface area contributed by atoms with Gasteiger partial charge in [-0.1, -0.05) is 28.1 Å². The fourth-order valence-electron chi connectivity index (χ4n) is 1.16. The van der Waals surface area contributed by atoms with E-state index < -0.39 is 0 Å². The molecule has 0 saturated heterocycles. The van der Waals surface area contributed by atoms with Gasteiger partial charge in [-0.15, -0.1) is 11.3 Å². The minimum atomic E-state index is 0.926. The Balaban J connectivity index is 2.73. The highest BCUT2D eigenvalue weighted by atomic mass is 127. The molecule has 0 amide bonds. The van der Waals surface area contributed by atoms with Gasteiger partial charge in [-0.05, 0) is 50.2 Å². The first kappa shape index (κ1) is 10.4. The normalized spacial score (nSPS) is 11.0. The summed E-state index contributed by atoms with van der Waals surface area (Å²) in [6.07, 6.45) is 0. The first-order valence-corrected chi connectivity index (χ1v) is 7.45. The molecular weight excluding hydrogens is 427 g/mol. The molecule has 0 nitrogen and oxygen atoms in total. The van der Waals surface area contributed by atoms with Crippen LogP contribution in [-0.4, -0.2) is 0 Å². The fourth-order valence-corrected chi connectivity index (χ4v) is 4.12. The van der Waals surface area contributed by atoms with Crippen LogP contribution in [0.4, 0.5) is 0 Å². The molecule has 2 aromatic rings. The minimum absolute atomic E-state index is 0.926. The summed E-state index contributed by atoms with van der Waals surface area (Å²) in [5.74, 6) is 0. The monoisotopic (exact) mass is 430 g/mol. The molecule has 0 N–H and O–H groups in total. The van der Waals surface area contributed by atoms with Gasteiger partial charge in [0.05, 0.1) is 2.88 Å². The molecule has 0 spiro atoms. The number of thiophene rings is 1. The van der Waals surface area contributed by atoms with Crippen LogP contribution in [0, 0.1) is 2.88 Å². The minimum Gasteiger partial charge on any atom is -0.128 e. The predicted molar refractivity (Wildman–Crippen MR) is 74.9 cm³/mol. The van der Waals surface area contributed by atoms with Crippen molar-refractivity contribution in [3.63, 3.8) is 0 Å². The van der Waals surface area contributed by atoms with Crippen molar-refractivity contribution in [2.75, 3.05) is 0 Å². The van der Waals surface area contributed by atoms with Crippen LogP contribution in [0.25, 0.3) is 10.1 Å². The third-order valence-corrected chi connectivity index (χ3v) is 6.42. The van der Waals surface area contributed by atoms with Crippen LogP contribution in [0.1, 0.15) is 5.56 Å². The Kier molecular flexibility index (Phi) is 3.33. The zero-order chi connectivity index (χ0) is 9.42. The standard InChI is InChI=1S/C9H5Br2IS/c10-4-5-1-2-6-7(3-5)13-9(12)8(6)11/h1-3H,4H2. The van der Waals surface area contributed by atoms with Crippen molar-refractivity contribution in [2.45, 2.75) is 5.33 Å². The highest BCUT2D eigenvalue weighted by Gasteiger charge is 2.07. The molecular formula is C9H5Br2IS. The Bertz CT molecular complexity index is 450. The summed E-state index contributed by atoms with van der Waals surface area (Å²) < 4.78 is 3.90. The number of rotatable bonds is 1. The maximum atomic E-state index is 3.59. The third-order valence-electron chi connectivity index (χ3n) is 1.81. The summed E-state index contributed by atoms with van der Waals surface area (Å²) in [6, 6.07) is 6.57. The van der Waals surface area contributed by atoms with E-state index in [-0.39, 0.29) is 0 Å². The zero-order valence-electron chi connectivity index (χ0n) is 6.48.